The molecule has 1 fully saturated rings. The van der Waals surface area contributed by atoms with Crippen LogP contribution in [-0.4, -0.2) is 31.7 Å². The maximum absolute atomic E-state index is 5.59. The van der Waals surface area contributed by atoms with Gasteiger partial charge >= 0.3 is 0 Å². The molecule has 0 amide bonds. The second-order valence-electron chi connectivity index (χ2n) is 4.42. The minimum atomic E-state index is 0.478. The van der Waals surface area contributed by atoms with Crippen molar-refractivity contribution in [3.8, 4) is 0 Å². The summed E-state index contributed by atoms with van der Waals surface area (Å²) in [5, 5.41) is 0. The van der Waals surface area contributed by atoms with Gasteiger partial charge < -0.3 is 14.9 Å². The molecule has 1 aliphatic rings. The lowest BCUT2D eigenvalue weighted by atomic mass is 10.1. The zero-order chi connectivity index (χ0) is 11.4. The van der Waals surface area contributed by atoms with Gasteiger partial charge in [-0.25, -0.2) is 0 Å². The average Bonchev–Trinajstić information content (AvgIpc) is 2.89. The van der Waals surface area contributed by atoms with E-state index in [1.807, 2.05) is 12.1 Å². The lowest BCUT2D eigenvalue weighted by molar-refractivity contribution is 0.151. The van der Waals surface area contributed by atoms with Gasteiger partial charge in [-0.2, -0.15) is 0 Å². The summed E-state index contributed by atoms with van der Waals surface area (Å²) in [4.78, 5) is 2.41. The number of nitrogens with two attached hydrogens (primary N) is 1. The molecule has 90 valence electrons. The van der Waals surface area contributed by atoms with Gasteiger partial charge in [0.1, 0.15) is 11.5 Å². The molecule has 4 heteroatoms. The predicted octanol–water partition coefficient (Wildman–Crippen LogP) is 1.21. The van der Waals surface area contributed by atoms with Crippen LogP contribution in [0, 0.1) is 5.92 Å². The van der Waals surface area contributed by atoms with Crippen molar-refractivity contribution in [3.63, 3.8) is 0 Å². The van der Waals surface area contributed by atoms with Gasteiger partial charge in [-0.1, -0.05) is 0 Å². The molecule has 4 nitrogen and oxygen atoms in total. The van der Waals surface area contributed by atoms with Crippen molar-refractivity contribution >= 4 is 0 Å². The van der Waals surface area contributed by atoms with Gasteiger partial charge in [-0.3, -0.25) is 4.90 Å². The third kappa shape index (κ3) is 2.84. The van der Waals surface area contributed by atoms with Crippen molar-refractivity contribution < 1.29 is 9.15 Å². The van der Waals surface area contributed by atoms with E-state index in [1.165, 1.54) is 6.42 Å². The molecule has 0 aliphatic carbocycles. The third-order valence-electron chi connectivity index (χ3n) is 3.07. The van der Waals surface area contributed by atoms with Crippen molar-refractivity contribution in [3.05, 3.63) is 23.7 Å². The first-order valence-corrected chi connectivity index (χ1v) is 5.80. The van der Waals surface area contributed by atoms with E-state index in [9.17, 15) is 0 Å². The molecule has 0 saturated carbocycles. The Morgan fingerprint density at radius 2 is 2.31 bits per heavy atom. The Morgan fingerprint density at radius 3 is 3.00 bits per heavy atom. The van der Waals surface area contributed by atoms with E-state index < -0.39 is 0 Å². The summed E-state index contributed by atoms with van der Waals surface area (Å²) >= 11 is 0. The molecular formula is C12H20N2O2. The molecule has 1 saturated heterocycles. The van der Waals surface area contributed by atoms with E-state index in [-0.39, 0.29) is 0 Å². The quantitative estimate of drug-likeness (QED) is 0.816. The monoisotopic (exact) mass is 224 g/mol. The molecule has 1 aliphatic heterocycles. The molecule has 2 rings (SSSR count). The fourth-order valence-corrected chi connectivity index (χ4v) is 2.27. The highest BCUT2D eigenvalue weighted by molar-refractivity contribution is 5.07. The minimum Gasteiger partial charge on any atom is -0.463 e. The zero-order valence-electron chi connectivity index (χ0n) is 9.82. The van der Waals surface area contributed by atoms with Crippen molar-refractivity contribution in [2.45, 2.75) is 19.5 Å². The number of furan rings is 1. The van der Waals surface area contributed by atoms with Crippen molar-refractivity contribution in [1.82, 2.24) is 4.90 Å². The molecule has 0 bridgehead atoms. The van der Waals surface area contributed by atoms with Crippen molar-refractivity contribution in [1.29, 1.82) is 0 Å². The number of hydrogen-bond acceptors (Lipinski definition) is 4. The summed E-state index contributed by atoms with van der Waals surface area (Å²) in [6.07, 6.45) is 1.22. The number of hydrogen-bond donors (Lipinski definition) is 1. The summed E-state index contributed by atoms with van der Waals surface area (Å²) in [5.41, 5.74) is 5.51. The molecule has 0 aromatic carbocycles. The van der Waals surface area contributed by atoms with Gasteiger partial charge in [-0.15, -0.1) is 0 Å². The van der Waals surface area contributed by atoms with Crippen molar-refractivity contribution in [2.24, 2.45) is 11.7 Å². The van der Waals surface area contributed by atoms with Crippen LogP contribution in [0.25, 0.3) is 0 Å². The summed E-state index contributed by atoms with van der Waals surface area (Å²) in [6, 6.07) is 3.98. The Bertz CT molecular complexity index is 325. The molecule has 1 aromatic rings. The Kier molecular flexibility index (Phi) is 3.98. The average molecular weight is 224 g/mol. The number of likely N-dealkylation sites (tertiary alicyclic amines) is 1. The highest BCUT2D eigenvalue weighted by Gasteiger charge is 2.22. The Hall–Kier alpha value is -0.840. The number of methoxy groups -OCH3 is 1. The molecule has 0 radical (unpaired) electrons. The van der Waals surface area contributed by atoms with Crippen LogP contribution in [0.2, 0.25) is 0 Å². The maximum Gasteiger partial charge on any atom is 0.118 e. The van der Waals surface area contributed by atoms with E-state index in [0.717, 1.165) is 37.8 Å². The fraction of sp³-hybridized carbons (Fsp3) is 0.667. The summed E-state index contributed by atoms with van der Waals surface area (Å²) in [7, 11) is 1.77. The summed E-state index contributed by atoms with van der Waals surface area (Å²) in [6.45, 7) is 4.47. The standard InChI is InChI=1S/C12H20N2O2/c1-15-9-10-4-5-14(7-10)8-12-3-2-11(6-13)16-12/h2-3,10H,4-9,13H2,1H3. The van der Waals surface area contributed by atoms with Gasteiger partial charge in [0.25, 0.3) is 0 Å². The van der Waals surface area contributed by atoms with Crippen LogP contribution >= 0.6 is 0 Å². The topological polar surface area (TPSA) is 51.6 Å². The first-order chi connectivity index (χ1) is 7.81. The first-order valence-electron chi connectivity index (χ1n) is 5.80. The van der Waals surface area contributed by atoms with Crippen LogP contribution < -0.4 is 5.73 Å². The SMILES string of the molecule is COCC1CCN(Cc2ccc(CN)o2)C1. The minimum absolute atomic E-state index is 0.478. The Labute approximate surface area is 96.4 Å². The smallest absolute Gasteiger partial charge is 0.118 e. The third-order valence-corrected chi connectivity index (χ3v) is 3.07. The maximum atomic E-state index is 5.59. The largest absolute Gasteiger partial charge is 0.463 e. The highest BCUT2D eigenvalue weighted by atomic mass is 16.5. The fourth-order valence-electron chi connectivity index (χ4n) is 2.27. The predicted molar refractivity (Wildman–Crippen MR) is 61.9 cm³/mol. The van der Waals surface area contributed by atoms with E-state index in [4.69, 9.17) is 14.9 Å². The normalized spacial score (nSPS) is 21.8. The van der Waals surface area contributed by atoms with Crippen LogP contribution in [-0.2, 0) is 17.8 Å². The molecule has 1 atom stereocenters. The van der Waals surface area contributed by atoms with Crippen LogP contribution in [0.15, 0.2) is 16.5 Å². The lowest BCUT2D eigenvalue weighted by Crippen LogP contribution is -2.21. The van der Waals surface area contributed by atoms with Gasteiger partial charge in [0, 0.05) is 13.7 Å². The Morgan fingerprint density at radius 1 is 1.50 bits per heavy atom. The molecule has 1 aromatic heterocycles. The van der Waals surface area contributed by atoms with Gasteiger partial charge in [0.15, 0.2) is 0 Å². The summed E-state index contributed by atoms with van der Waals surface area (Å²) in [5.74, 6) is 2.55. The van der Waals surface area contributed by atoms with E-state index in [1.54, 1.807) is 7.11 Å². The van der Waals surface area contributed by atoms with Gasteiger partial charge in [0.05, 0.1) is 19.7 Å². The lowest BCUT2D eigenvalue weighted by Gasteiger charge is -2.13. The molecule has 2 heterocycles. The first kappa shape index (κ1) is 11.6. The van der Waals surface area contributed by atoms with Crippen LogP contribution in [0.3, 0.4) is 0 Å². The Balaban J connectivity index is 1.82. The molecular weight excluding hydrogens is 204 g/mol. The van der Waals surface area contributed by atoms with E-state index in [0.29, 0.717) is 12.5 Å². The number of nitrogens with zero attached hydrogens (tertiary/aromatic N) is 1. The van der Waals surface area contributed by atoms with Crippen LogP contribution in [0.1, 0.15) is 17.9 Å². The van der Waals surface area contributed by atoms with Crippen LogP contribution in [0.5, 0.6) is 0 Å². The molecule has 1 unspecified atom stereocenters. The van der Waals surface area contributed by atoms with Gasteiger partial charge in [0.2, 0.25) is 0 Å². The molecule has 0 spiro atoms. The molecule has 2 N–H and O–H groups in total. The van der Waals surface area contributed by atoms with Gasteiger partial charge in [-0.05, 0) is 31.0 Å². The van der Waals surface area contributed by atoms with Crippen molar-refractivity contribution in [2.75, 3.05) is 26.8 Å². The summed E-state index contributed by atoms with van der Waals surface area (Å²) < 4.78 is 10.8. The van der Waals surface area contributed by atoms with E-state index in [2.05, 4.69) is 4.90 Å². The zero-order valence-corrected chi connectivity index (χ0v) is 9.82. The van der Waals surface area contributed by atoms with E-state index >= 15 is 0 Å². The van der Waals surface area contributed by atoms with Crippen LogP contribution in [0.4, 0.5) is 0 Å². The molecule has 16 heavy (non-hydrogen) atoms. The number of rotatable bonds is 5. The highest BCUT2D eigenvalue weighted by Crippen LogP contribution is 2.19. The second-order valence-corrected chi connectivity index (χ2v) is 4.42. The number of ether oxygens (including phenoxy) is 1. The second kappa shape index (κ2) is 5.48.